The first-order valence-electron chi connectivity index (χ1n) is 15.0. The number of H-pyrrole nitrogens is 1. The summed E-state index contributed by atoms with van der Waals surface area (Å²) in [6, 6.07) is 12.3. The van der Waals surface area contributed by atoms with Gasteiger partial charge < -0.3 is 19.6 Å². The summed E-state index contributed by atoms with van der Waals surface area (Å²) in [6.45, 7) is 1.70. The van der Waals surface area contributed by atoms with Crippen LogP contribution in [-0.4, -0.2) is 79.4 Å². The molecule has 4 aliphatic heterocycles. The molecule has 0 atom stereocenters. The maximum Gasteiger partial charge on any atom is 0.257 e. The van der Waals surface area contributed by atoms with Crippen molar-refractivity contribution in [2.75, 3.05) is 66.4 Å². The zero-order valence-electron chi connectivity index (χ0n) is 24.8. The second kappa shape index (κ2) is 10.5. The molecule has 0 bridgehead atoms. The number of halogens is 1. The first-order valence-corrected chi connectivity index (χ1v) is 15.0. The van der Waals surface area contributed by atoms with Gasteiger partial charge in [0.25, 0.3) is 5.56 Å². The number of aromatic amines is 1. The molecule has 2 fully saturated rings. The van der Waals surface area contributed by atoms with Crippen LogP contribution in [0.2, 0.25) is 0 Å². The van der Waals surface area contributed by atoms with Crippen LogP contribution in [0.3, 0.4) is 0 Å². The molecule has 44 heavy (non-hydrogen) atoms. The summed E-state index contributed by atoms with van der Waals surface area (Å²) in [4.78, 5) is 68.5. The van der Waals surface area contributed by atoms with E-state index in [0.29, 0.717) is 66.6 Å². The number of benzene rings is 2. The Labute approximate surface area is 253 Å². The molecule has 0 aliphatic carbocycles. The van der Waals surface area contributed by atoms with Gasteiger partial charge in [-0.3, -0.25) is 29.1 Å². The quantitative estimate of drug-likeness (QED) is 0.455. The molecule has 0 saturated carbocycles. The van der Waals surface area contributed by atoms with Gasteiger partial charge in [0.05, 0.1) is 36.3 Å². The SMILES string of the molecule is CN1CCCc2c1nc(N1CCC3(CC1)C(=O)N(C)c1cc(N4CC(=O)N(Cc5ccccc5)C(=O)C4)cc(F)c13)[nH]c2=O. The third-order valence-corrected chi connectivity index (χ3v) is 9.59. The molecule has 3 aromatic rings. The van der Waals surface area contributed by atoms with Crippen molar-refractivity contribution in [3.63, 3.8) is 0 Å². The van der Waals surface area contributed by atoms with Crippen molar-refractivity contribution in [3.8, 4) is 0 Å². The maximum atomic E-state index is 16.1. The van der Waals surface area contributed by atoms with Gasteiger partial charge in [-0.05, 0) is 43.4 Å². The summed E-state index contributed by atoms with van der Waals surface area (Å²) in [5.41, 5.74) is 1.54. The molecule has 2 saturated heterocycles. The summed E-state index contributed by atoms with van der Waals surface area (Å²) in [7, 11) is 3.56. The van der Waals surface area contributed by atoms with E-state index in [0.717, 1.165) is 18.5 Å². The first-order chi connectivity index (χ1) is 21.2. The molecular weight excluding hydrogens is 565 g/mol. The number of imide groups is 1. The number of carbonyl (C=O) groups excluding carboxylic acids is 3. The Morgan fingerprint density at radius 3 is 2.34 bits per heavy atom. The highest BCUT2D eigenvalue weighted by Gasteiger charge is 2.53. The zero-order chi connectivity index (χ0) is 30.7. The van der Waals surface area contributed by atoms with Crippen LogP contribution in [-0.2, 0) is 32.8 Å². The van der Waals surface area contributed by atoms with Crippen LogP contribution in [0.1, 0.15) is 36.0 Å². The topological polar surface area (TPSA) is 113 Å². The van der Waals surface area contributed by atoms with Gasteiger partial charge in [0, 0.05) is 45.0 Å². The van der Waals surface area contributed by atoms with Crippen LogP contribution in [0.5, 0.6) is 0 Å². The number of anilines is 4. The van der Waals surface area contributed by atoms with E-state index >= 15 is 4.39 Å². The van der Waals surface area contributed by atoms with E-state index in [2.05, 4.69) is 4.98 Å². The van der Waals surface area contributed by atoms with Gasteiger partial charge in [0.15, 0.2) is 0 Å². The number of aromatic nitrogens is 2. The molecule has 1 N–H and O–H groups in total. The molecule has 2 aromatic carbocycles. The summed E-state index contributed by atoms with van der Waals surface area (Å²) in [6.07, 6.45) is 2.30. The molecule has 5 heterocycles. The largest absolute Gasteiger partial charge is 0.359 e. The summed E-state index contributed by atoms with van der Waals surface area (Å²) >= 11 is 0. The number of piperazine rings is 1. The number of piperidine rings is 1. The van der Waals surface area contributed by atoms with Gasteiger partial charge in [-0.25, -0.2) is 4.39 Å². The van der Waals surface area contributed by atoms with Crippen LogP contribution in [0, 0.1) is 5.82 Å². The van der Waals surface area contributed by atoms with Gasteiger partial charge in [-0.15, -0.1) is 0 Å². The van der Waals surface area contributed by atoms with Crippen LogP contribution < -0.4 is 25.2 Å². The van der Waals surface area contributed by atoms with Crippen molar-refractivity contribution in [1.82, 2.24) is 14.9 Å². The van der Waals surface area contributed by atoms with E-state index in [-0.39, 0.29) is 42.9 Å². The predicted octanol–water partition coefficient (Wildman–Crippen LogP) is 2.18. The molecule has 3 amide bonds. The molecule has 7 rings (SSSR count). The molecule has 0 unspecified atom stereocenters. The summed E-state index contributed by atoms with van der Waals surface area (Å²) in [5, 5.41) is 0. The van der Waals surface area contributed by atoms with Crippen molar-refractivity contribution in [1.29, 1.82) is 0 Å². The monoisotopic (exact) mass is 599 g/mol. The lowest BCUT2D eigenvalue weighted by Crippen LogP contribution is -2.53. The fourth-order valence-corrected chi connectivity index (χ4v) is 7.18. The minimum absolute atomic E-state index is 0.0737. The van der Waals surface area contributed by atoms with Crippen molar-refractivity contribution in [3.05, 3.63) is 75.3 Å². The smallest absolute Gasteiger partial charge is 0.257 e. The van der Waals surface area contributed by atoms with E-state index < -0.39 is 11.2 Å². The average Bonchev–Trinajstić information content (AvgIpc) is 3.22. The van der Waals surface area contributed by atoms with Crippen molar-refractivity contribution < 1.29 is 18.8 Å². The number of hydrogen-bond acceptors (Lipinski definition) is 8. The van der Waals surface area contributed by atoms with Crippen molar-refractivity contribution >= 4 is 40.9 Å². The van der Waals surface area contributed by atoms with Gasteiger partial charge in [-0.1, -0.05) is 30.3 Å². The van der Waals surface area contributed by atoms with Gasteiger partial charge in [0.1, 0.15) is 11.6 Å². The van der Waals surface area contributed by atoms with E-state index in [4.69, 9.17) is 4.98 Å². The number of carbonyl (C=O) groups is 3. The van der Waals surface area contributed by atoms with Crippen LogP contribution in [0.15, 0.2) is 47.3 Å². The number of nitrogens with one attached hydrogen (secondary N) is 1. The van der Waals surface area contributed by atoms with E-state index in [9.17, 15) is 19.2 Å². The summed E-state index contributed by atoms with van der Waals surface area (Å²) in [5.74, 6) is -0.285. The highest BCUT2D eigenvalue weighted by molar-refractivity contribution is 6.09. The Morgan fingerprint density at radius 2 is 1.64 bits per heavy atom. The molecule has 4 aliphatic rings. The lowest BCUT2D eigenvalue weighted by Gasteiger charge is -2.39. The minimum atomic E-state index is -1.05. The molecule has 12 heteroatoms. The fraction of sp³-hybridized carbons (Fsp3) is 0.406. The van der Waals surface area contributed by atoms with Crippen molar-refractivity contribution in [2.45, 2.75) is 37.6 Å². The van der Waals surface area contributed by atoms with Crippen LogP contribution >= 0.6 is 0 Å². The lowest BCUT2D eigenvalue weighted by molar-refractivity contribution is -0.146. The number of nitrogens with zero attached hydrogens (tertiary/aromatic N) is 6. The number of amides is 3. The van der Waals surface area contributed by atoms with Crippen LogP contribution in [0.4, 0.5) is 27.5 Å². The number of likely N-dealkylation sites (N-methyl/N-ethyl adjacent to an activating group) is 1. The molecule has 228 valence electrons. The Hall–Kier alpha value is -4.74. The molecule has 11 nitrogen and oxygen atoms in total. The molecule has 1 aromatic heterocycles. The predicted molar refractivity (Wildman–Crippen MR) is 164 cm³/mol. The Bertz CT molecular complexity index is 1720. The second-order valence-corrected chi connectivity index (χ2v) is 12.2. The zero-order valence-corrected chi connectivity index (χ0v) is 24.8. The molecule has 0 radical (unpaired) electrons. The highest BCUT2D eigenvalue weighted by atomic mass is 19.1. The summed E-state index contributed by atoms with van der Waals surface area (Å²) < 4.78 is 16.1. The fourth-order valence-electron chi connectivity index (χ4n) is 7.18. The van der Waals surface area contributed by atoms with Crippen LogP contribution in [0.25, 0.3) is 0 Å². The van der Waals surface area contributed by atoms with Gasteiger partial charge >= 0.3 is 0 Å². The number of fused-ring (bicyclic) bond motifs is 3. The normalized spacial score (nSPS) is 19.6. The van der Waals surface area contributed by atoms with Crippen molar-refractivity contribution in [2.24, 2.45) is 0 Å². The maximum absolute atomic E-state index is 16.1. The minimum Gasteiger partial charge on any atom is -0.359 e. The third kappa shape index (κ3) is 4.42. The average molecular weight is 600 g/mol. The Morgan fingerprint density at radius 1 is 0.932 bits per heavy atom. The van der Waals surface area contributed by atoms with Gasteiger partial charge in [-0.2, -0.15) is 4.98 Å². The first kappa shape index (κ1) is 28.1. The van der Waals surface area contributed by atoms with E-state index in [1.54, 1.807) is 18.0 Å². The number of rotatable bonds is 4. The highest BCUT2D eigenvalue weighted by Crippen LogP contribution is 2.50. The third-order valence-electron chi connectivity index (χ3n) is 9.59. The Kier molecular flexibility index (Phi) is 6.67. The van der Waals surface area contributed by atoms with Gasteiger partial charge in [0.2, 0.25) is 23.7 Å². The lowest BCUT2D eigenvalue weighted by atomic mass is 9.73. The number of hydrogen-bond donors (Lipinski definition) is 1. The Balaban J connectivity index is 1.12. The second-order valence-electron chi connectivity index (χ2n) is 12.2. The van der Waals surface area contributed by atoms with E-state index in [1.807, 2.05) is 47.2 Å². The standard InChI is InChI=1S/C32H34FN7O4/c1-36-12-6-9-22-28(36)34-31(35-29(22)43)38-13-10-32(11-14-38)27-23(33)15-21(16-24(27)37(2)30(32)44)39-18-25(41)40(26(42)19-39)17-20-7-4-3-5-8-20/h3-5,7-8,15-16H,6,9-14,17-19H2,1-2H3,(H,34,35,43). The molecular formula is C32H34FN7O4. The van der Waals surface area contributed by atoms with E-state index in [1.165, 1.54) is 15.9 Å². The molecule has 1 spiro atoms.